The van der Waals surface area contributed by atoms with Gasteiger partial charge in [0.2, 0.25) is 0 Å². The van der Waals surface area contributed by atoms with E-state index >= 15 is 0 Å². The third-order valence-electron chi connectivity index (χ3n) is 2.40. The Balaban J connectivity index is 1.90. The summed E-state index contributed by atoms with van der Waals surface area (Å²) in [4.78, 5) is 13.5. The first-order valence-corrected chi connectivity index (χ1v) is 7.60. The maximum atomic E-state index is 11.9. The number of amides is 1. The number of hydrogen-bond acceptors (Lipinski definition) is 6. The molecule has 0 spiro atoms. The highest BCUT2D eigenvalue weighted by Crippen LogP contribution is 2.14. The Morgan fingerprint density at radius 2 is 2.40 bits per heavy atom. The summed E-state index contributed by atoms with van der Waals surface area (Å²) in [5, 5.41) is 17.2. The van der Waals surface area contributed by atoms with Crippen LogP contribution < -0.4 is 5.32 Å². The van der Waals surface area contributed by atoms with E-state index in [1.54, 1.807) is 18.3 Å². The predicted molar refractivity (Wildman–Crippen MR) is 78.7 cm³/mol. The number of thiophene rings is 1. The molecule has 0 aliphatic rings. The largest absolute Gasteiger partial charge is 0.395 e. The SMILES string of the molecule is Cc1nnsc1C(=O)NCc1cc(C#CCCO)cs1. The van der Waals surface area contributed by atoms with Crippen molar-refractivity contribution in [3.63, 3.8) is 0 Å². The number of aromatic nitrogens is 2. The van der Waals surface area contributed by atoms with Gasteiger partial charge in [0, 0.05) is 22.2 Å². The molecule has 0 aliphatic heterocycles. The number of aliphatic hydroxyl groups excluding tert-OH is 1. The van der Waals surface area contributed by atoms with Crippen molar-refractivity contribution in [1.82, 2.24) is 14.9 Å². The minimum atomic E-state index is -0.154. The Kier molecular flexibility index (Phi) is 5.24. The summed E-state index contributed by atoms with van der Waals surface area (Å²) in [7, 11) is 0. The second-order valence-electron chi connectivity index (χ2n) is 3.95. The molecular formula is C13H13N3O2S2. The van der Waals surface area contributed by atoms with Gasteiger partial charge in [0.25, 0.3) is 5.91 Å². The van der Waals surface area contributed by atoms with E-state index in [1.165, 1.54) is 0 Å². The molecule has 0 bridgehead atoms. The van der Waals surface area contributed by atoms with Crippen molar-refractivity contribution < 1.29 is 9.90 Å². The fourth-order valence-electron chi connectivity index (χ4n) is 1.45. The molecule has 2 heterocycles. The molecule has 0 unspecified atom stereocenters. The van der Waals surface area contributed by atoms with Crippen molar-refractivity contribution in [1.29, 1.82) is 0 Å². The fourth-order valence-corrected chi connectivity index (χ4v) is 2.78. The summed E-state index contributed by atoms with van der Waals surface area (Å²) < 4.78 is 3.74. The van der Waals surface area contributed by atoms with Gasteiger partial charge in [0.15, 0.2) is 0 Å². The van der Waals surface area contributed by atoms with E-state index < -0.39 is 0 Å². The maximum Gasteiger partial charge on any atom is 0.265 e. The molecule has 5 nitrogen and oxygen atoms in total. The molecule has 2 rings (SSSR count). The van der Waals surface area contributed by atoms with Crippen LogP contribution in [0.5, 0.6) is 0 Å². The third kappa shape index (κ3) is 3.87. The van der Waals surface area contributed by atoms with Crippen molar-refractivity contribution in [2.24, 2.45) is 0 Å². The first-order chi connectivity index (χ1) is 9.70. The van der Waals surface area contributed by atoms with E-state index in [-0.39, 0.29) is 12.5 Å². The number of rotatable bonds is 4. The highest BCUT2D eigenvalue weighted by Gasteiger charge is 2.12. The molecule has 0 fully saturated rings. The molecule has 0 saturated heterocycles. The molecule has 0 radical (unpaired) electrons. The second-order valence-corrected chi connectivity index (χ2v) is 5.70. The quantitative estimate of drug-likeness (QED) is 0.841. The minimum absolute atomic E-state index is 0.0717. The number of aliphatic hydroxyl groups is 1. The second kappa shape index (κ2) is 7.14. The predicted octanol–water partition coefficient (Wildman–Crippen LogP) is 1.57. The molecule has 0 aliphatic carbocycles. The van der Waals surface area contributed by atoms with Crippen LogP contribution in [0.1, 0.15) is 32.2 Å². The van der Waals surface area contributed by atoms with Gasteiger partial charge in [-0.05, 0) is 24.5 Å². The van der Waals surface area contributed by atoms with E-state index in [2.05, 4.69) is 26.7 Å². The molecule has 20 heavy (non-hydrogen) atoms. The van der Waals surface area contributed by atoms with E-state index in [4.69, 9.17) is 5.11 Å². The van der Waals surface area contributed by atoms with Gasteiger partial charge in [0.05, 0.1) is 18.8 Å². The van der Waals surface area contributed by atoms with Crippen LogP contribution >= 0.6 is 22.9 Å². The standard InChI is InChI=1S/C13H13N3O2S2/c1-9-12(20-16-15-9)13(18)14-7-11-6-10(8-19-11)4-2-3-5-17/h6,8,17H,3,5,7H2,1H3,(H,14,18). The minimum Gasteiger partial charge on any atom is -0.395 e. The van der Waals surface area contributed by atoms with Crippen LogP contribution in [0.25, 0.3) is 0 Å². The van der Waals surface area contributed by atoms with E-state index in [0.717, 1.165) is 22.0 Å². The molecule has 0 atom stereocenters. The van der Waals surface area contributed by atoms with Gasteiger partial charge < -0.3 is 10.4 Å². The smallest absolute Gasteiger partial charge is 0.265 e. The van der Waals surface area contributed by atoms with Crippen molar-refractivity contribution in [2.75, 3.05) is 6.61 Å². The van der Waals surface area contributed by atoms with Crippen LogP contribution in [0.15, 0.2) is 11.4 Å². The van der Waals surface area contributed by atoms with Crippen LogP contribution in [-0.4, -0.2) is 27.2 Å². The Bertz CT molecular complexity index is 652. The van der Waals surface area contributed by atoms with Gasteiger partial charge in [-0.2, -0.15) is 0 Å². The Morgan fingerprint density at radius 3 is 3.10 bits per heavy atom. The summed E-state index contributed by atoms with van der Waals surface area (Å²) in [5.41, 5.74) is 1.55. The third-order valence-corrected chi connectivity index (χ3v) is 4.17. The van der Waals surface area contributed by atoms with Gasteiger partial charge in [-0.25, -0.2) is 0 Å². The van der Waals surface area contributed by atoms with E-state index in [0.29, 0.717) is 23.5 Å². The number of carbonyl (C=O) groups excluding carboxylic acids is 1. The summed E-state index contributed by atoms with van der Waals surface area (Å²) in [6.45, 7) is 2.29. The van der Waals surface area contributed by atoms with Gasteiger partial charge >= 0.3 is 0 Å². The van der Waals surface area contributed by atoms with E-state index in [9.17, 15) is 4.79 Å². The number of aryl methyl sites for hydroxylation is 1. The van der Waals surface area contributed by atoms with Crippen molar-refractivity contribution >= 4 is 28.8 Å². The lowest BCUT2D eigenvalue weighted by Gasteiger charge is -2.00. The topological polar surface area (TPSA) is 75.1 Å². The molecule has 0 aromatic carbocycles. The van der Waals surface area contributed by atoms with Crippen LogP contribution in [-0.2, 0) is 6.54 Å². The monoisotopic (exact) mass is 307 g/mol. The molecule has 7 heteroatoms. The zero-order valence-corrected chi connectivity index (χ0v) is 12.5. The highest BCUT2D eigenvalue weighted by molar-refractivity contribution is 7.10. The van der Waals surface area contributed by atoms with E-state index in [1.807, 2.05) is 11.4 Å². The zero-order valence-electron chi connectivity index (χ0n) is 10.8. The summed E-state index contributed by atoms with van der Waals surface area (Å²) in [5.74, 6) is 5.67. The lowest BCUT2D eigenvalue weighted by Crippen LogP contribution is -2.22. The lowest BCUT2D eigenvalue weighted by molar-refractivity contribution is 0.0954. The van der Waals surface area contributed by atoms with Crippen molar-refractivity contribution in [3.05, 3.63) is 32.5 Å². The maximum absolute atomic E-state index is 11.9. The fraction of sp³-hybridized carbons (Fsp3) is 0.308. The molecule has 1 amide bonds. The molecule has 104 valence electrons. The van der Waals surface area contributed by atoms with Crippen LogP contribution in [0.3, 0.4) is 0 Å². The summed E-state index contributed by atoms with van der Waals surface area (Å²) in [6, 6.07) is 1.94. The van der Waals surface area contributed by atoms with Gasteiger partial charge in [-0.15, -0.1) is 16.4 Å². The van der Waals surface area contributed by atoms with Crippen LogP contribution in [0.2, 0.25) is 0 Å². The highest BCUT2D eigenvalue weighted by atomic mass is 32.1. The van der Waals surface area contributed by atoms with Gasteiger partial charge in [0.1, 0.15) is 4.88 Å². The average molecular weight is 307 g/mol. The molecule has 2 aromatic rings. The number of nitrogens with one attached hydrogen (secondary N) is 1. The summed E-state index contributed by atoms with van der Waals surface area (Å²) in [6.07, 6.45) is 0.472. The zero-order chi connectivity index (χ0) is 14.4. The number of carbonyl (C=O) groups is 1. The van der Waals surface area contributed by atoms with Crippen molar-refractivity contribution in [2.45, 2.75) is 19.9 Å². The number of hydrogen-bond donors (Lipinski definition) is 2. The molecule has 2 N–H and O–H groups in total. The Labute approximate surface area is 124 Å². The first kappa shape index (κ1) is 14.7. The molecule has 2 aromatic heterocycles. The van der Waals surface area contributed by atoms with Crippen LogP contribution in [0.4, 0.5) is 0 Å². The normalized spacial score (nSPS) is 9.90. The Hall–Kier alpha value is -1.75. The van der Waals surface area contributed by atoms with Crippen molar-refractivity contribution in [3.8, 4) is 11.8 Å². The van der Waals surface area contributed by atoms with Gasteiger partial charge in [-0.1, -0.05) is 16.3 Å². The van der Waals surface area contributed by atoms with Gasteiger partial charge in [-0.3, -0.25) is 4.79 Å². The first-order valence-electron chi connectivity index (χ1n) is 5.95. The van der Waals surface area contributed by atoms with Crippen LogP contribution in [0, 0.1) is 18.8 Å². The Morgan fingerprint density at radius 1 is 1.55 bits per heavy atom. The molecule has 0 saturated carbocycles. The lowest BCUT2D eigenvalue weighted by atomic mass is 10.3. The average Bonchev–Trinajstić information content (AvgIpc) is 3.05. The number of nitrogens with zero attached hydrogens (tertiary/aromatic N) is 2. The molecular weight excluding hydrogens is 294 g/mol. The summed E-state index contributed by atoms with van der Waals surface area (Å²) >= 11 is 2.64.